The largest absolute Gasteiger partial charge is 0.327 e. The molecule has 0 radical (unpaired) electrons. The first-order valence-electron chi connectivity index (χ1n) is 6.00. The zero-order valence-corrected chi connectivity index (χ0v) is 10.5. The normalized spacial score (nSPS) is 13.2. The van der Waals surface area contributed by atoms with Gasteiger partial charge in [0.2, 0.25) is 0 Å². The molecule has 0 saturated carbocycles. The monoisotopic (exact) mass is 235 g/mol. The Labute approximate surface area is 101 Å². The van der Waals surface area contributed by atoms with Gasteiger partial charge in [-0.2, -0.15) is 0 Å². The number of hydrogen-bond acceptors (Lipinski definition) is 2. The van der Waals surface area contributed by atoms with Gasteiger partial charge in [0.1, 0.15) is 11.6 Å². The van der Waals surface area contributed by atoms with Crippen LogP contribution >= 0.6 is 0 Å². The van der Waals surface area contributed by atoms with Crippen molar-refractivity contribution in [2.75, 3.05) is 7.05 Å². The number of nitrogens with one attached hydrogen (secondary N) is 1. The van der Waals surface area contributed by atoms with Crippen LogP contribution in [0.25, 0.3) is 11.0 Å². The van der Waals surface area contributed by atoms with E-state index in [-0.39, 0.29) is 11.9 Å². The van der Waals surface area contributed by atoms with Crippen molar-refractivity contribution in [2.45, 2.75) is 32.9 Å². The quantitative estimate of drug-likeness (QED) is 0.883. The second kappa shape index (κ2) is 4.84. The van der Waals surface area contributed by atoms with Gasteiger partial charge in [0.05, 0.1) is 17.1 Å². The third-order valence-electron chi connectivity index (χ3n) is 3.01. The van der Waals surface area contributed by atoms with E-state index in [1.54, 1.807) is 12.1 Å². The van der Waals surface area contributed by atoms with Gasteiger partial charge in [-0.05, 0) is 38.6 Å². The van der Waals surface area contributed by atoms with Gasteiger partial charge in [0, 0.05) is 6.54 Å². The molecule has 0 aliphatic carbocycles. The summed E-state index contributed by atoms with van der Waals surface area (Å²) < 4.78 is 15.4. The van der Waals surface area contributed by atoms with Gasteiger partial charge in [0.15, 0.2) is 0 Å². The number of fused-ring (bicyclic) bond motifs is 1. The standard InChI is InChI=1S/C13H18FN3/c1-4-7-17-12-8-10(14)5-6-11(12)16-13(17)9(2)15-3/h5-6,8-9,15H,4,7H2,1-3H3. The fourth-order valence-electron chi connectivity index (χ4n) is 2.03. The minimum absolute atomic E-state index is 0.164. The lowest BCUT2D eigenvalue weighted by Gasteiger charge is -2.13. The third kappa shape index (κ3) is 2.17. The Morgan fingerprint density at radius 3 is 2.88 bits per heavy atom. The lowest BCUT2D eigenvalue weighted by molar-refractivity contribution is 0.553. The zero-order chi connectivity index (χ0) is 12.4. The SMILES string of the molecule is CCCn1c(C(C)NC)nc2ccc(F)cc21. The van der Waals surface area contributed by atoms with Crippen LogP contribution in [-0.2, 0) is 6.54 Å². The maximum Gasteiger partial charge on any atom is 0.126 e. The highest BCUT2D eigenvalue weighted by atomic mass is 19.1. The summed E-state index contributed by atoms with van der Waals surface area (Å²) >= 11 is 0. The fourth-order valence-corrected chi connectivity index (χ4v) is 2.03. The first-order valence-corrected chi connectivity index (χ1v) is 6.00. The Morgan fingerprint density at radius 2 is 2.24 bits per heavy atom. The molecule has 92 valence electrons. The minimum Gasteiger partial charge on any atom is -0.327 e. The van der Waals surface area contributed by atoms with Crippen LogP contribution in [0.15, 0.2) is 18.2 Å². The van der Waals surface area contributed by atoms with E-state index in [9.17, 15) is 4.39 Å². The number of imidazole rings is 1. The Balaban J connectivity index is 2.62. The van der Waals surface area contributed by atoms with Crippen molar-refractivity contribution in [1.29, 1.82) is 0 Å². The molecule has 0 spiro atoms. The van der Waals surface area contributed by atoms with E-state index in [4.69, 9.17) is 0 Å². The van der Waals surface area contributed by atoms with Crippen molar-refractivity contribution in [2.24, 2.45) is 0 Å². The summed E-state index contributed by atoms with van der Waals surface area (Å²) in [6.07, 6.45) is 1.01. The average molecular weight is 235 g/mol. The van der Waals surface area contributed by atoms with Crippen LogP contribution in [0.2, 0.25) is 0 Å². The van der Waals surface area contributed by atoms with Gasteiger partial charge in [-0.25, -0.2) is 9.37 Å². The van der Waals surface area contributed by atoms with Gasteiger partial charge >= 0.3 is 0 Å². The summed E-state index contributed by atoms with van der Waals surface area (Å²) in [6, 6.07) is 4.92. The van der Waals surface area contributed by atoms with Crippen LogP contribution in [0.1, 0.15) is 32.1 Å². The summed E-state index contributed by atoms with van der Waals surface area (Å²) in [4.78, 5) is 4.58. The number of benzene rings is 1. The van der Waals surface area contributed by atoms with E-state index < -0.39 is 0 Å². The van der Waals surface area contributed by atoms with Crippen molar-refractivity contribution in [3.63, 3.8) is 0 Å². The molecular weight excluding hydrogens is 217 g/mol. The molecular formula is C13H18FN3. The molecule has 1 N–H and O–H groups in total. The minimum atomic E-state index is -0.210. The summed E-state index contributed by atoms with van der Waals surface area (Å²) in [5, 5.41) is 3.18. The molecule has 1 aromatic heterocycles. The predicted octanol–water partition coefficient (Wildman–Crippen LogP) is 2.87. The smallest absolute Gasteiger partial charge is 0.126 e. The lowest BCUT2D eigenvalue weighted by atomic mass is 10.3. The molecule has 1 atom stereocenters. The van der Waals surface area contributed by atoms with Crippen molar-refractivity contribution >= 4 is 11.0 Å². The van der Waals surface area contributed by atoms with Gasteiger partial charge < -0.3 is 9.88 Å². The molecule has 0 amide bonds. The Morgan fingerprint density at radius 1 is 1.47 bits per heavy atom. The molecule has 1 aromatic carbocycles. The van der Waals surface area contributed by atoms with Crippen LogP contribution < -0.4 is 5.32 Å². The molecule has 1 unspecified atom stereocenters. The maximum atomic E-state index is 13.3. The number of aryl methyl sites for hydroxylation is 1. The van der Waals surface area contributed by atoms with Gasteiger partial charge in [-0.1, -0.05) is 6.92 Å². The molecule has 0 aliphatic heterocycles. The van der Waals surface area contributed by atoms with E-state index in [0.717, 1.165) is 29.8 Å². The fraction of sp³-hybridized carbons (Fsp3) is 0.462. The summed E-state index contributed by atoms with van der Waals surface area (Å²) in [5.74, 6) is 0.758. The van der Waals surface area contributed by atoms with Crippen LogP contribution in [-0.4, -0.2) is 16.6 Å². The number of aromatic nitrogens is 2. The van der Waals surface area contributed by atoms with Crippen LogP contribution in [0.4, 0.5) is 4.39 Å². The van der Waals surface area contributed by atoms with Crippen LogP contribution in [0.5, 0.6) is 0 Å². The molecule has 0 bridgehead atoms. The first kappa shape index (κ1) is 12.0. The van der Waals surface area contributed by atoms with E-state index >= 15 is 0 Å². The molecule has 0 fully saturated rings. The maximum absolute atomic E-state index is 13.3. The van der Waals surface area contributed by atoms with Gasteiger partial charge in [-0.3, -0.25) is 0 Å². The highest BCUT2D eigenvalue weighted by molar-refractivity contribution is 5.76. The molecule has 0 saturated heterocycles. The Bertz CT molecular complexity index is 519. The van der Waals surface area contributed by atoms with E-state index in [1.165, 1.54) is 6.07 Å². The molecule has 0 aliphatic rings. The number of rotatable bonds is 4. The second-order valence-electron chi connectivity index (χ2n) is 4.27. The van der Waals surface area contributed by atoms with Crippen LogP contribution in [0.3, 0.4) is 0 Å². The van der Waals surface area contributed by atoms with Crippen LogP contribution in [0, 0.1) is 5.82 Å². The molecule has 17 heavy (non-hydrogen) atoms. The van der Waals surface area contributed by atoms with E-state index in [0.29, 0.717) is 0 Å². The Kier molecular flexibility index (Phi) is 3.43. The Hall–Kier alpha value is -1.42. The number of halogens is 1. The molecule has 2 rings (SSSR count). The molecule has 4 heteroatoms. The van der Waals surface area contributed by atoms with Crippen molar-refractivity contribution in [1.82, 2.24) is 14.9 Å². The lowest BCUT2D eigenvalue weighted by Crippen LogP contribution is -2.17. The van der Waals surface area contributed by atoms with Gasteiger partial charge in [0.25, 0.3) is 0 Å². The summed E-state index contributed by atoms with van der Waals surface area (Å²) in [7, 11) is 1.90. The predicted molar refractivity (Wildman–Crippen MR) is 67.5 cm³/mol. The van der Waals surface area contributed by atoms with E-state index in [2.05, 4.69) is 28.7 Å². The average Bonchev–Trinajstić information content (AvgIpc) is 2.67. The number of hydrogen-bond donors (Lipinski definition) is 1. The third-order valence-corrected chi connectivity index (χ3v) is 3.01. The summed E-state index contributed by atoms with van der Waals surface area (Å²) in [6.45, 7) is 5.03. The topological polar surface area (TPSA) is 29.9 Å². The van der Waals surface area contributed by atoms with Gasteiger partial charge in [-0.15, -0.1) is 0 Å². The van der Waals surface area contributed by atoms with Crippen molar-refractivity contribution < 1.29 is 4.39 Å². The summed E-state index contributed by atoms with van der Waals surface area (Å²) in [5.41, 5.74) is 1.74. The zero-order valence-electron chi connectivity index (χ0n) is 10.5. The highest BCUT2D eigenvalue weighted by Crippen LogP contribution is 2.21. The molecule has 3 nitrogen and oxygen atoms in total. The number of nitrogens with zero attached hydrogens (tertiary/aromatic N) is 2. The molecule has 1 heterocycles. The molecule has 2 aromatic rings. The first-order chi connectivity index (χ1) is 8.17. The second-order valence-corrected chi connectivity index (χ2v) is 4.27. The highest BCUT2D eigenvalue weighted by Gasteiger charge is 2.15. The van der Waals surface area contributed by atoms with Crippen molar-refractivity contribution in [3.05, 3.63) is 29.8 Å². The van der Waals surface area contributed by atoms with Crippen molar-refractivity contribution in [3.8, 4) is 0 Å². The van der Waals surface area contributed by atoms with E-state index in [1.807, 2.05) is 7.05 Å².